The van der Waals surface area contributed by atoms with Crippen molar-refractivity contribution in [1.82, 2.24) is 25.5 Å². The summed E-state index contributed by atoms with van der Waals surface area (Å²) in [5.41, 5.74) is 0. The number of amides is 2. The molecule has 0 aromatic carbocycles. The van der Waals surface area contributed by atoms with Crippen LogP contribution in [0.1, 0.15) is 37.1 Å². The van der Waals surface area contributed by atoms with Gasteiger partial charge in [-0.3, -0.25) is 4.55 Å². The number of hydrogen-bond acceptors (Lipinski definition) is 8. The highest BCUT2D eigenvalue weighted by Crippen LogP contribution is 2.38. The van der Waals surface area contributed by atoms with Crippen LogP contribution >= 0.6 is 0 Å². The number of fused-ring (bicyclic) bond motifs is 2. The molecule has 2 amide bonds. The van der Waals surface area contributed by atoms with E-state index in [1.165, 1.54) is 4.90 Å². The number of piperidine rings is 1. The van der Waals surface area contributed by atoms with Gasteiger partial charge in [0.1, 0.15) is 6.04 Å². The lowest BCUT2D eigenvalue weighted by molar-refractivity contribution is -0.0317. The Balaban J connectivity index is 1.47. The van der Waals surface area contributed by atoms with Crippen LogP contribution in [0, 0.1) is 5.92 Å². The van der Waals surface area contributed by atoms with Crippen molar-refractivity contribution in [3.8, 4) is 0 Å². The van der Waals surface area contributed by atoms with Gasteiger partial charge in [0.15, 0.2) is 0 Å². The fourth-order valence-corrected chi connectivity index (χ4v) is 4.10. The Morgan fingerprint density at radius 2 is 2.16 bits per heavy atom. The monoisotopic (exact) mass is 373 g/mol. The maximum absolute atomic E-state index is 12.4. The molecule has 0 radical (unpaired) electrons. The van der Waals surface area contributed by atoms with Crippen molar-refractivity contribution in [2.24, 2.45) is 5.92 Å². The van der Waals surface area contributed by atoms with Crippen LogP contribution < -0.4 is 5.32 Å². The number of nitrogens with one attached hydrogen (secondary N) is 1. The van der Waals surface area contributed by atoms with E-state index in [1.807, 2.05) is 0 Å². The van der Waals surface area contributed by atoms with Gasteiger partial charge in [0.25, 0.3) is 0 Å². The molecule has 1 aromatic rings. The zero-order valence-corrected chi connectivity index (χ0v) is 14.2. The third kappa shape index (κ3) is 3.34. The summed E-state index contributed by atoms with van der Waals surface area (Å²) in [4.78, 5) is 13.8. The van der Waals surface area contributed by atoms with E-state index in [4.69, 9.17) is 8.97 Å². The van der Waals surface area contributed by atoms with Crippen molar-refractivity contribution in [2.75, 3.05) is 19.6 Å². The van der Waals surface area contributed by atoms with E-state index in [2.05, 4.69) is 19.8 Å². The zero-order chi connectivity index (χ0) is 17.6. The molecule has 2 bridgehead atoms. The van der Waals surface area contributed by atoms with E-state index < -0.39 is 28.5 Å². The largest absolute Gasteiger partial charge is 0.423 e. The number of carbonyl (C=O) groups excluding carboxylic acids is 1. The van der Waals surface area contributed by atoms with Gasteiger partial charge in [0.2, 0.25) is 11.8 Å². The summed E-state index contributed by atoms with van der Waals surface area (Å²) in [5.74, 6) is 1.36. The van der Waals surface area contributed by atoms with Crippen molar-refractivity contribution < 1.29 is 26.5 Å². The van der Waals surface area contributed by atoms with Crippen molar-refractivity contribution >= 4 is 16.4 Å². The third-order valence-electron chi connectivity index (χ3n) is 4.89. The van der Waals surface area contributed by atoms with Gasteiger partial charge < -0.3 is 14.6 Å². The fourth-order valence-electron chi connectivity index (χ4n) is 3.71. The second-order valence-electron chi connectivity index (χ2n) is 6.61. The van der Waals surface area contributed by atoms with E-state index >= 15 is 0 Å². The molecule has 138 valence electrons. The van der Waals surface area contributed by atoms with Crippen molar-refractivity contribution in [1.29, 1.82) is 0 Å². The van der Waals surface area contributed by atoms with Gasteiger partial charge in [0, 0.05) is 13.0 Å². The highest BCUT2D eigenvalue weighted by atomic mass is 32.3. The van der Waals surface area contributed by atoms with Crippen LogP contribution in [0.5, 0.6) is 0 Å². The highest BCUT2D eigenvalue weighted by Gasteiger charge is 2.49. The number of hydrogen-bond donors (Lipinski definition) is 2. The van der Waals surface area contributed by atoms with Gasteiger partial charge in [-0.15, -0.1) is 14.5 Å². The Hall–Kier alpha value is -1.76. The fraction of sp³-hybridized carbons (Fsp3) is 0.769. The van der Waals surface area contributed by atoms with Crippen LogP contribution in [0.15, 0.2) is 4.42 Å². The topological polar surface area (TPSA) is 138 Å². The second-order valence-corrected chi connectivity index (χ2v) is 7.61. The quantitative estimate of drug-likeness (QED) is 0.677. The molecule has 3 aliphatic rings. The first-order valence-electron chi connectivity index (χ1n) is 8.20. The summed E-state index contributed by atoms with van der Waals surface area (Å²) < 4.78 is 40.8. The van der Waals surface area contributed by atoms with Crippen LogP contribution in [0.2, 0.25) is 0 Å². The summed E-state index contributed by atoms with van der Waals surface area (Å²) in [6.07, 6.45) is 2.82. The first-order chi connectivity index (χ1) is 11.9. The summed E-state index contributed by atoms with van der Waals surface area (Å²) in [6.45, 7) is 2.19. The third-order valence-corrected chi connectivity index (χ3v) is 5.24. The number of rotatable bonds is 5. The SMILES string of the molecule is O=C1N2C[C@H](CC[C@H]2c2nnc(C[C@@H]3CCNC3)o2)N1OS(=O)(=O)O. The van der Waals surface area contributed by atoms with Crippen molar-refractivity contribution in [3.05, 3.63) is 11.8 Å². The van der Waals surface area contributed by atoms with Gasteiger partial charge in [-0.25, -0.2) is 4.79 Å². The van der Waals surface area contributed by atoms with Crippen molar-refractivity contribution in [2.45, 2.75) is 37.8 Å². The minimum absolute atomic E-state index is 0.281. The minimum atomic E-state index is -4.75. The molecule has 0 saturated carbocycles. The lowest BCUT2D eigenvalue weighted by Gasteiger charge is -2.27. The Kier molecular flexibility index (Phi) is 4.14. The Labute approximate surface area is 144 Å². The lowest BCUT2D eigenvalue weighted by Crippen LogP contribution is -2.35. The number of urea groups is 1. The number of carbonyl (C=O) groups is 1. The molecular formula is C13H19N5O6S. The molecule has 0 unspecified atom stereocenters. The summed E-state index contributed by atoms with van der Waals surface area (Å²) in [5, 5.41) is 12.1. The molecule has 3 saturated heterocycles. The molecule has 1 aromatic heterocycles. The van der Waals surface area contributed by atoms with E-state index in [-0.39, 0.29) is 6.54 Å². The lowest BCUT2D eigenvalue weighted by atomic mass is 10.0. The van der Waals surface area contributed by atoms with Gasteiger partial charge in [-0.1, -0.05) is 0 Å². The average Bonchev–Trinajstić information content (AvgIpc) is 3.26. The number of hydroxylamine groups is 2. The van der Waals surface area contributed by atoms with Crippen LogP contribution in [0.25, 0.3) is 0 Å². The average molecular weight is 373 g/mol. The van der Waals surface area contributed by atoms with E-state index in [9.17, 15) is 13.2 Å². The molecule has 3 atom stereocenters. The predicted molar refractivity (Wildman–Crippen MR) is 81.3 cm³/mol. The summed E-state index contributed by atoms with van der Waals surface area (Å²) in [7, 11) is -4.75. The number of aromatic nitrogens is 2. The first-order valence-corrected chi connectivity index (χ1v) is 9.57. The normalized spacial score (nSPS) is 29.6. The summed E-state index contributed by atoms with van der Waals surface area (Å²) in [6, 6.07) is -1.48. The van der Waals surface area contributed by atoms with Gasteiger partial charge in [-0.05, 0) is 38.3 Å². The molecule has 12 heteroatoms. The Morgan fingerprint density at radius 3 is 2.88 bits per heavy atom. The summed E-state index contributed by atoms with van der Waals surface area (Å²) >= 11 is 0. The van der Waals surface area contributed by atoms with E-state index in [0.29, 0.717) is 42.0 Å². The maximum atomic E-state index is 12.4. The van der Waals surface area contributed by atoms with E-state index in [1.54, 1.807) is 0 Å². The van der Waals surface area contributed by atoms with Gasteiger partial charge in [-0.2, -0.15) is 13.5 Å². The zero-order valence-electron chi connectivity index (χ0n) is 13.4. The minimum Gasteiger partial charge on any atom is -0.423 e. The number of nitrogens with zero attached hydrogens (tertiary/aromatic N) is 4. The van der Waals surface area contributed by atoms with Crippen LogP contribution in [0.4, 0.5) is 4.79 Å². The Bertz CT molecular complexity index is 761. The second kappa shape index (κ2) is 6.20. The highest BCUT2D eigenvalue weighted by molar-refractivity contribution is 7.80. The molecule has 25 heavy (non-hydrogen) atoms. The van der Waals surface area contributed by atoms with E-state index in [0.717, 1.165) is 19.5 Å². The smallest absolute Gasteiger partial charge is 0.418 e. The maximum Gasteiger partial charge on any atom is 0.418 e. The molecule has 3 aliphatic heterocycles. The molecule has 3 fully saturated rings. The van der Waals surface area contributed by atoms with Gasteiger partial charge >= 0.3 is 16.4 Å². The molecular weight excluding hydrogens is 354 g/mol. The standard InChI is InChI=1S/C13H19N5O6S/c19-13-17-7-9(18(13)24-25(20,21)22)1-2-10(17)12-16-15-11(23-12)5-8-3-4-14-6-8/h8-10,14H,1-7H2,(H,20,21,22)/t8-,9-,10-/m0/s1. The van der Waals surface area contributed by atoms with Gasteiger partial charge in [0.05, 0.1) is 6.04 Å². The van der Waals surface area contributed by atoms with Crippen LogP contribution in [0.3, 0.4) is 0 Å². The Morgan fingerprint density at radius 1 is 1.32 bits per heavy atom. The molecule has 11 nitrogen and oxygen atoms in total. The molecule has 4 heterocycles. The molecule has 0 aliphatic carbocycles. The molecule has 4 rings (SSSR count). The first kappa shape index (κ1) is 16.7. The predicted octanol–water partition coefficient (Wildman–Crippen LogP) is -0.103. The van der Waals surface area contributed by atoms with Crippen LogP contribution in [-0.4, -0.2) is 64.8 Å². The molecule has 2 N–H and O–H groups in total. The molecule has 0 spiro atoms. The van der Waals surface area contributed by atoms with Crippen molar-refractivity contribution in [3.63, 3.8) is 0 Å². The van der Waals surface area contributed by atoms with Crippen LogP contribution in [-0.2, 0) is 21.1 Å².